The fourth-order valence-electron chi connectivity index (χ4n) is 2.51. The van der Waals surface area contributed by atoms with E-state index in [0.717, 1.165) is 18.4 Å². The summed E-state index contributed by atoms with van der Waals surface area (Å²) >= 11 is 0. The van der Waals surface area contributed by atoms with Crippen LogP contribution in [0.25, 0.3) is 0 Å². The molecule has 3 rings (SSSR count). The molecule has 1 saturated heterocycles. The summed E-state index contributed by atoms with van der Waals surface area (Å²) in [5, 5.41) is 2.81. The van der Waals surface area contributed by atoms with Gasteiger partial charge < -0.3 is 10.2 Å². The van der Waals surface area contributed by atoms with Crippen molar-refractivity contribution in [3.05, 3.63) is 35.9 Å². The average molecular weight is 244 g/mol. The predicted molar refractivity (Wildman–Crippen MR) is 66.7 cm³/mol. The van der Waals surface area contributed by atoms with Gasteiger partial charge >= 0.3 is 0 Å². The first kappa shape index (κ1) is 11.3. The maximum atomic E-state index is 12.5. The monoisotopic (exact) mass is 244 g/mol. The van der Waals surface area contributed by atoms with E-state index in [-0.39, 0.29) is 23.9 Å². The van der Waals surface area contributed by atoms with Crippen LogP contribution >= 0.6 is 0 Å². The molecule has 4 nitrogen and oxygen atoms in total. The third-order valence-electron chi connectivity index (χ3n) is 3.66. The number of nitrogens with one attached hydrogen (secondary N) is 1. The van der Waals surface area contributed by atoms with Crippen molar-refractivity contribution in [1.29, 1.82) is 0 Å². The predicted octanol–water partition coefficient (Wildman–Crippen LogP) is 1.24. The van der Waals surface area contributed by atoms with Gasteiger partial charge in [-0.15, -0.1) is 0 Å². The number of rotatable bonds is 2. The molecule has 1 aromatic rings. The molecule has 18 heavy (non-hydrogen) atoms. The Balaban J connectivity index is 1.91. The number of amides is 2. The fourth-order valence-corrected chi connectivity index (χ4v) is 2.51. The van der Waals surface area contributed by atoms with Crippen molar-refractivity contribution in [3.63, 3.8) is 0 Å². The summed E-state index contributed by atoms with van der Waals surface area (Å²) in [4.78, 5) is 26.2. The van der Waals surface area contributed by atoms with E-state index in [1.807, 2.05) is 30.3 Å². The molecule has 1 heterocycles. The lowest BCUT2D eigenvalue weighted by atomic mass is 10.0. The van der Waals surface area contributed by atoms with Crippen LogP contribution in [0.5, 0.6) is 0 Å². The minimum atomic E-state index is -0.518. The third-order valence-corrected chi connectivity index (χ3v) is 3.66. The Hall–Kier alpha value is -1.84. The zero-order valence-corrected chi connectivity index (χ0v) is 10.3. The lowest BCUT2D eigenvalue weighted by Gasteiger charge is -2.37. The summed E-state index contributed by atoms with van der Waals surface area (Å²) in [5.41, 5.74) is 0.855. The van der Waals surface area contributed by atoms with Gasteiger partial charge in [-0.3, -0.25) is 9.59 Å². The normalized spacial score (nSPS) is 28.2. The van der Waals surface area contributed by atoms with Gasteiger partial charge in [0.1, 0.15) is 12.1 Å². The average Bonchev–Trinajstić information content (AvgIpc) is 3.20. The summed E-state index contributed by atoms with van der Waals surface area (Å²) in [5.74, 6) is -0.0360. The summed E-state index contributed by atoms with van der Waals surface area (Å²) in [7, 11) is 0. The first-order chi connectivity index (χ1) is 8.68. The Morgan fingerprint density at radius 1 is 1.17 bits per heavy atom. The molecule has 0 aromatic heterocycles. The molecule has 0 bridgehead atoms. The van der Waals surface area contributed by atoms with Crippen molar-refractivity contribution < 1.29 is 9.59 Å². The Kier molecular flexibility index (Phi) is 2.58. The van der Waals surface area contributed by atoms with Gasteiger partial charge in [-0.1, -0.05) is 30.3 Å². The summed E-state index contributed by atoms with van der Waals surface area (Å²) in [6.45, 7) is 1.80. The maximum Gasteiger partial charge on any atom is 0.250 e. The standard InChI is InChI=1S/C14H16N2O2/c1-9-13(17)15-12(10-5-3-2-4-6-10)14(18)16(9)11-7-8-11/h2-6,9,11-12H,7-8H2,1H3,(H,15,17). The van der Waals surface area contributed by atoms with Gasteiger partial charge in [0.25, 0.3) is 5.91 Å². The Morgan fingerprint density at radius 2 is 1.83 bits per heavy atom. The van der Waals surface area contributed by atoms with Crippen LogP contribution < -0.4 is 5.32 Å². The maximum absolute atomic E-state index is 12.5. The highest BCUT2D eigenvalue weighted by molar-refractivity contribution is 5.97. The van der Waals surface area contributed by atoms with E-state index in [1.165, 1.54) is 0 Å². The smallest absolute Gasteiger partial charge is 0.250 e. The number of nitrogens with zero attached hydrogens (tertiary/aromatic N) is 1. The summed E-state index contributed by atoms with van der Waals surface area (Å²) in [6.07, 6.45) is 2.04. The second-order valence-corrected chi connectivity index (χ2v) is 5.00. The summed E-state index contributed by atoms with van der Waals surface area (Å²) < 4.78 is 0. The second-order valence-electron chi connectivity index (χ2n) is 5.00. The molecule has 2 aliphatic rings. The van der Waals surface area contributed by atoms with E-state index in [9.17, 15) is 9.59 Å². The largest absolute Gasteiger partial charge is 0.339 e. The second kappa shape index (κ2) is 4.12. The topological polar surface area (TPSA) is 49.4 Å². The highest BCUT2D eigenvalue weighted by Crippen LogP contribution is 2.33. The fraction of sp³-hybridized carbons (Fsp3) is 0.429. The number of piperazine rings is 1. The van der Waals surface area contributed by atoms with E-state index < -0.39 is 6.04 Å². The molecule has 2 atom stereocenters. The van der Waals surface area contributed by atoms with Crippen molar-refractivity contribution >= 4 is 11.8 Å². The van der Waals surface area contributed by atoms with Crippen LogP contribution in [0.15, 0.2) is 30.3 Å². The lowest BCUT2D eigenvalue weighted by Crippen LogP contribution is -2.59. The van der Waals surface area contributed by atoms with E-state index in [2.05, 4.69) is 5.32 Å². The molecule has 1 aromatic carbocycles. The molecular weight excluding hydrogens is 228 g/mol. The first-order valence-electron chi connectivity index (χ1n) is 6.36. The van der Waals surface area contributed by atoms with Crippen molar-refractivity contribution in [2.24, 2.45) is 0 Å². The van der Waals surface area contributed by atoms with Gasteiger partial charge in [0.15, 0.2) is 0 Å². The van der Waals surface area contributed by atoms with Gasteiger partial charge in [-0.05, 0) is 25.3 Å². The zero-order chi connectivity index (χ0) is 12.7. The Bertz CT molecular complexity index is 482. The number of benzene rings is 1. The molecule has 0 spiro atoms. The molecular formula is C14H16N2O2. The van der Waals surface area contributed by atoms with Gasteiger partial charge in [-0.25, -0.2) is 0 Å². The number of carbonyl (C=O) groups excluding carboxylic acids is 2. The Labute approximate surface area is 106 Å². The van der Waals surface area contributed by atoms with E-state index in [0.29, 0.717) is 0 Å². The van der Waals surface area contributed by atoms with E-state index >= 15 is 0 Å². The minimum absolute atomic E-state index is 0.0239. The summed E-state index contributed by atoms with van der Waals surface area (Å²) in [6, 6.07) is 8.83. The molecule has 1 aliphatic carbocycles. The number of carbonyl (C=O) groups is 2. The van der Waals surface area contributed by atoms with Crippen LogP contribution in [0.1, 0.15) is 31.4 Å². The van der Waals surface area contributed by atoms with Crippen LogP contribution in [-0.2, 0) is 9.59 Å². The molecule has 1 saturated carbocycles. The van der Waals surface area contributed by atoms with Crippen LogP contribution in [-0.4, -0.2) is 28.8 Å². The molecule has 2 amide bonds. The van der Waals surface area contributed by atoms with E-state index in [1.54, 1.807) is 11.8 Å². The van der Waals surface area contributed by atoms with Gasteiger partial charge in [0, 0.05) is 6.04 Å². The molecule has 2 fully saturated rings. The highest BCUT2D eigenvalue weighted by atomic mass is 16.2. The molecule has 1 N–H and O–H groups in total. The molecule has 94 valence electrons. The molecule has 1 aliphatic heterocycles. The Morgan fingerprint density at radius 3 is 2.44 bits per heavy atom. The first-order valence-corrected chi connectivity index (χ1v) is 6.36. The van der Waals surface area contributed by atoms with Crippen molar-refractivity contribution in [2.75, 3.05) is 0 Å². The third kappa shape index (κ3) is 1.78. The number of hydrogen-bond donors (Lipinski definition) is 1. The van der Waals surface area contributed by atoms with Gasteiger partial charge in [0.2, 0.25) is 5.91 Å². The van der Waals surface area contributed by atoms with Crippen molar-refractivity contribution in [3.8, 4) is 0 Å². The van der Waals surface area contributed by atoms with Crippen LogP contribution in [0.4, 0.5) is 0 Å². The SMILES string of the molecule is CC1C(=O)NC(c2ccccc2)C(=O)N1C1CC1. The number of hydrogen-bond acceptors (Lipinski definition) is 2. The zero-order valence-electron chi connectivity index (χ0n) is 10.3. The quantitative estimate of drug-likeness (QED) is 0.851. The van der Waals surface area contributed by atoms with Crippen molar-refractivity contribution in [1.82, 2.24) is 10.2 Å². The van der Waals surface area contributed by atoms with E-state index in [4.69, 9.17) is 0 Å². The van der Waals surface area contributed by atoms with Gasteiger partial charge in [0.05, 0.1) is 0 Å². The van der Waals surface area contributed by atoms with Crippen LogP contribution in [0.2, 0.25) is 0 Å². The van der Waals surface area contributed by atoms with Gasteiger partial charge in [-0.2, -0.15) is 0 Å². The molecule has 2 unspecified atom stereocenters. The van der Waals surface area contributed by atoms with Crippen LogP contribution in [0.3, 0.4) is 0 Å². The van der Waals surface area contributed by atoms with Crippen LogP contribution in [0, 0.1) is 0 Å². The highest BCUT2D eigenvalue weighted by Gasteiger charge is 2.45. The van der Waals surface area contributed by atoms with Crippen molar-refractivity contribution in [2.45, 2.75) is 37.9 Å². The lowest BCUT2D eigenvalue weighted by molar-refractivity contribution is -0.149. The minimum Gasteiger partial charge on any atom is -0.339 e. The molecule has 4 heteroatoms. The molecule has 0 radical (unpaired) electrons.